The highest BCUT2D eigenvalue weighted by Crippen LogP contribution is 2.60. The fourth-order valence-electron chi connectivity index (χ4n) is 5.26. The largest absolute Gasteiger partial charge is 0.462 e. The van der Waals surface area contributed by atoms with E-state index in [0.29, 0.717) is 30.4 Å². The van der Waals surface area contributed by atoms with E-state index in [4.69, 9.17) is 14.2 Å². The molecule has 0 aromatic carbocycles. The van der Waals surface area contributed by atoms with Crippen LogP contribution in [0.1, 0.15) is 67.2 Å². The average Bonchev–Trinajstić information content (AvgIpc) is 2.92. The van der Waals surface area contributed by atoms with Gasteiger partial charge in [0.05, 0.1) is 11.5 Å². The fourth-order valence-corrected chi connectivity index (χ4v) is 5.26. The Balaban J connectivity index is 2.10. The van der Waals surface area contributed by atoms with Crippen LogP contribution in [0.5, 0.6) is 0 Å². The highest BCUT2D eigenvalue weighted by atomic mass is 16.6. The van der Waals surface area contributed by atoms with Gasteiger partial charge in [-0.25, -0.2) is 4.79 Å². The Morgan fingerprint density at radius 2 is 2.00 bits per heavy atom. The predicted molar refractivity (Wildman–Crippen MR) is 104 cm³/mol. The van der Waals surface area contributed by atoms with Crippen LogP contribution >= 0.6 is 0 Å². The van der Waals surface area contributed by atoms with Crippen LogP contribution in [-0.4, -0.2) is 46.9 Å². The van der Waals surface area contributed by atoms with Crippen molar-refractivity contribution in [2.45, 2.75) is 91.1 Å². The molecule has 7 heteroatoms. The van der Waals surface area contributed by atoms with Crippen molar-refractivity contribution < 1.29 is 33.7 Å². The lowest BCUT2D eigenvalue weighted by atomic mass is 9.49. The highest BCUT2D eigenvalue weighted by Gasteiger charge is 2.67. The third kappa shape index (κ3) is 3.27. The van der Waals surface area contributed by atoms with E-state index in [1.165, 1.54) is 6.92 Å². The topological polar surface area (TPSA) is 99.1 Å². The van der Waals surface area contributed by atoms with Gasteiger partial charge in [0, 0.05) is 35.8 Å². The van der Waals surface area contributed by atoms with Gasteiger partial charge in [-0.05, 0) is 26.2 Å². The number of carbonyl (C=O) groups is 3. The molecule has 7 unspecified atom stereocenters. The molecule has 2 aliphatic carbocycles. The third-order valence-corrected chi connectivity index (χ3v) is 7.60. The summed E-state index contributed by atoms with van der Waals surface area (Å²) >= 11 is 0. The second kappa shape index (κ2) is 7.42. The number of esters is 3. The fraction of sp³-hybridized carbons (Fsp3) is 0.773. The third-order valence-electron chi connectivity index (χ3n) is 7.60. The molecule has 0 spiro atoms. The molecule has 1 aliphatic heterocycles. The Morgan fingerprint density at radius 1 is 1.34 bits per heavy atom. The summed E-state index contributed by atoms with van der Waals surface area (Å²) < 4.78 is 17.1. The summed E-state index contributed by atoms with van der Waals surface area (Å²) in [6, 6.07) is 0. The Morgan fingerprint density at radius 3 is 2.59 bits per heavy atom. The number of rotatable bonds is 4. The zero-order valence-corrected chi connectivity index (χ0v) is 18.1. The smallest absolute Gasteiger partial charge is 0.334 e. The molecule has 0 amide bonds. The van der Waals surface area contributed by atoms with Crippen LogP contribution in [0.2, 0.25) is 0 Å². The van der Waals surface area contributed by atoms with Crippen molar-refractivity contribution in [1.82, 2.24) is 0 Å². The molecule has 7 nitrogen and oxygen atoms in total. The van der Waals surface area contributed by atoms with Gasteiger partial charge in [0.1, 0.15) is 18.3 Å². The molecule has 0 radical (unpaired) electrons. The SMILES string of the molecule is CCC(C)C(=O)OC1C2=C(C)C(=O)OC2CC2(O)CCC(OC(C)=O)C(C)C12C. The molecule has 0 aromatic rings. The summed E-state index contributed by atoms with van der Waals surface area (Å²) in [6.45, 7) is 10.5. The van der Waals surface area contributed by atoms with Gasteiger partial charge in [0.25, 0.3) is 0 Å². The standard InChI is InChI=1S/C22H32O7/c1-7-11(2)19(24)29-18-17-12(3)20(25)28-16(17)10-22(26)9-8-15(27-14(5)23)13(4)21(18,22)6/h11,13,15-16,18,26H,7-10H2,1-6H3. The van der Waals surface area contributed by atoms with E-state index in [1.54, 1.807) is 13.8 Å². The van der Waals surface area contributed by atoms with Crippen LogP contribution in [0.25, 0.3) is 0 Å². The van der Waals surface area contributed by atoms with Crippen LogP contribution in [0.15, 0.2) is 11.1 Å². The molecule has 1 heterocycles. The molecule has 0 saturated heterocycles. The van der Waals surface area contributed by atoms with Crippen LogP contribution < -0.4 is 0 Å². The van der Waals surface area contributed by atoms with E-state index < -0.39 is 35.3 Å². The number of aliphatic hydroxyl groups is 1. The number of hydrogen-bond donors (Lipinski definition) is 1. The summed E-state index contributed by atoms with van der Waals surface area (Å²) in [6.07, 6.45) is -0.106. The zero-order chi connectivity index (χ0) is 21.7. The second-order valence-electron chi connectivity index (χ2n) is 9.09. The summed E-state index contributed by atoms with van der Waals surface area (Å²) in [7, 11) is 0. The summed E-state index contributed by atoms with van der Waals surface area (Å²) in [5.41, 5.74) is -1.09. The number of ether oxygens (including phenoxy) is 3. The minimum atomic E-state index is -1.22. The molecule has 0 aromatic heterocycles. The van der Waals surface area contributed by atoms with Crippen molar-refractivity contribution in [3.8, 4) is 0 Å². The first-order valence-electron chi connectivity index (χ1n) is 10.5. The molecule has 3 rings (SSSR count). The van der Waals surface area contributed by atoms with Gasteiger partial charge in [-0.1, -0.05) is 27.7 Å². The monoisotopic (exact) mass is 408 g/mol. The van der Waals surface area contributed by atoms with Gasteiger partial charge < -0.3 is 19.3 Å². The van der Waals surface area contributed by atoms with Crippen molar-refractivity contribution >= 4 is 17.9 Å². The highest BCUT2D eigenvalue weighted by molar-refractivity contribution is 5.92. The number of hydrogen-bond acceptors (Lipinski definition) is 7. The predicted octanol–water partition coefficient (Wildman–Crippen LogP) is 2.69. The number of fused-ring (bicyclic) bond motifs is 2. The molecule has 2 saturated carbocycles. The summed E-state index contributed by atoms with van der Waals surface area (Å²) in [5.74, 6) is -1.80. The molecular weight excluding hydrogens is 376 g/mol. The van der Waals surface area contributed by atoms with E-state index in [9.17, 15) is 19.5 Å². The van der Waals surface area contributed by atoms with Crippen LogP contribution in [-0.2, 0) is 28.6 Å². The molecular formula is C22H32O7. The quantitative estimate of drug-likeness (QED) is 0.564. The lowest BCUT2D eigenvalue weighted by Gasteiger charge is -2.60. The van der Waals surface area contributed by atoms with Crippen LogP contribution in [0, 0.1) is 17.3 Å². The van der Waals surface area contributed by atoms with Crippen molar-refractivity contribution in [1.29, 1.82) is 0 Å². The maximum absolute atomic E-state index is 12.8. The first kappa shape index (κ1) is 21.8. The Kier molecular flexibility index (Phi) is 5.58. The first-order valence-corrected chi connectivity index (χ1v) is 10.5. The molecule has 3 aliphatic rings. The van der Waals surface area contributed by atoms with E-state index in [1.807, 2.05) is 20.8 Å². The Bertz CT molecular complexity index is 756. The number of carbonyl (C=O) groups excluding carboxylic acids is 3. The lowest BCUT2D eigenvalue weighted by Crippen LogP contribution is -2.68. The van der Waals surface area contributed by atoms with Crippen molar-refractivity contribution in [3.63, 3.8) is 0 Å². The minimum Gasteiger partial charge on any atom is -0.462 e. The second-order valence-corrected chi connectivity index (χ2v) is 9.09. The summed E-state index contributed by atoms with van der Waals surface area (Å²) in [4.78, 5) is 36.7. The Hall–Kier alpha value is -1.89. The maximum Gasteiger partial charge on any atom is 0.334 e. The van der Waals surface area contributed by atoms with Gasteiger partial charge >= 0.3 is 17.9 Å². The van der Waals surface area contributed by atoms with Crippen LogP contribution in [0.4, 0.5) is 0 Å². The molecule has 0 bridgehead atoms. The zero-order valence-electron chi connectivity index (χ0n) is 18.1. The summed E-state index contributed by atoms with van der Waals surface area (Å²) in [5, 5.41) is 11.7. The van der Waals surface area contributed by atoms with Crippen molar-refractivity contribution in [2.24, 2.45) is 17.3 Å². The average molecular weight is 408 g/mol. The van der Waals surface area contributed by atoms with E-state index in [2.05, 4.69) is 0 Å². The maximum atomic E-state index is 12.8. The molecule has 162 valence electrons. The van der Waals surface area contributed by atoms with E-state index in [0.717, 1.165) is 0 Å². The van der Waals surface area contributed by atoms with Crippen molar-refractivity contribution in [2.75, 3.05) is 0 Å². The molecule has 1 N–H and O–H groups in total. The molecule has 2 fully saturated rings. The normalized spacial score (nSPS) is 39.9. The van der Waals surface area contributed by atoms with E-state index in [-0.39, 0.29) is 30.2 Å². The van der Waals surface area contributed by atoms with Gasteiger partial charge in [0.15, 0.2) is 0 Å². The molecule has 7 atom stereocenters. The van der Waals surface area contributed by atoms with Gasteiger partial charge in [-0.3, -0.25) is 9.59 Å². The minimum absolute atomic E-state index is 0.246. The van der Waals surface area contributed by atoms with Gasteiger partial charge in [-0.15, -0.1) is 0 Å². The molecule has 29 heavy (non-hydrogen) atoms. The van der Waals surface area contributed by atoms with Gasteiger partial charge in [-0.2, -0.15) is 0 Å². The Labute approximate surface area is 171 Å². The lowest BCUT2D eigenvalue weighted by molar-refractivity contribution is -0.241. The van der Waals surface area contributed by atoms with E-state index >= 15 is 0 Å². The van der Waals surface area contributed by atoms with Crippen LogP contribution in [0.3, 0.4) is 0 Å². The van der Waals surface area contributed by atoms with Gasteiger partial charge in [0.2, 0.25) is 0 Å². The first-order chi connectivity index (χ1) is 13.5. The van der Waals surface area contributed by atoms with Crippen molar-refractivity contribution in [3.05, 3.63) is 11.1 Å².